The number of nitrogen functional groups attached to an aromatic ring is 1. The van der Waals surface area contributed by atoms with Crippen molar-refractivity contribution in [2.45, 2.75) is 0 Å². The fourth-order valence-electron chi connectivity index (χ4n) is 6.08. The molecule has 9 aromatic rings. The van der Waals surface area contributed by atoms with Crippen molar-refractivity contribution in [3.8, 4) is 0 Å². The number of hydrogen-bond donors (Lipinski definition) is 5. The third-order valence-corrected chi connectivity index (χ3v) is 13.2. The number of carbonyl (C=O) groups is 5. The molecule has 20 nitrogen and oxygen atoms in total. The lowest BCUT2D eigenvalue weighted by molar-refractivity contribution is 0.0587. The lowest BCUT2D eigenvalue weighted by Crippen LogP contribution is -2.30. The number of amides is 4. The van der Waals surface area contributed by atoms with Crippen LogP contribution in [-0.2, 0) is 9.47 Å². The molecule has 9 rings (SSSR count). The second-order valence-corrected chi connectivity index (χ2v) is 18.1. The molecule has 0 aliphatic rings. The summed E-state index contributed by atoms with van der Waals surface area (Å²) in [5.74, 6) is -4.11. The normalized spacial score (nSPS) is 10.4. The highest BCUT2D eigenvalue weighted by Crippen LogP contribution is 2.34. The van der Waals surface area contributed by atoms with Crippen LogP contribution in [0.15, 0.2) is 137 Å². The minimum atomic E-state index is -1.39. The van der Waals surface area contributed by atoms with E-state index in [0.29, 0.717) is 36.4 Å². The number of carboxylic acids is 1. The molecule has 3 aromatic carbocycles. The highest BCUT2D eigenvalue weighted by Gasteiger charge is 2.21. The van der Waals surface area contributed by atoms with Gasteiger partial charge in [0.1, 0.15) is 44.1 Å². The van der Waals surface area contributed by atoms with Gasteiger partial charge >= 0.3 is 46.8 Å². The van der Waals surface area contributed by atoms with Crippen LogP contribution in [0.1, 0.15) is 31.1 Å². The summed E-state index contributed by atoms with van der Waals surface area (Å²) in [6, 6.07) is 24.5. The number of carbonyl (C=O) groups excluding carboxylic acids is 4. The topological polar surface area (TPSA) is 283 Å². The van der Waals surface area contributed by atoms with Crippen molar-refractivity contribution >= 4 is 127 Å². The van der Waals surface area contributed by atoms with Crippen LogP contribution in [0.3, 0.4) is 0 Å². The van der Waals surface area contributed by atoms with Crippen LogP contribution in [0.5, 0.6) is 0 Å². The molecule has 388 valence electrons. The molecule has 0 atom stereocenters. The van der Waals surface area contributed by atoms with Crippen LogP contribution < -0.4 is 48.4 Å². The van der Waals surface area contributed by atoms with Crippen molar-refractivity contribution in [2.24, 2.45) is 0 Å². The van der Waals surface area contributed by atoms with E-state index in [1.54, 1.807) is 31.3 Å². The molecule has 0 saturated carbocycles. The number of methoxy groups -OCH3 is 2. The van der Waals surface area contributed by atoms with Crippen molar-refractivity contribution in [3.63, 3.8) is 0 Å². The Labute approximate surface area is 431 Å². The minimum Gasteiger partial charge on any atom is -0.477 e. The fourth-order valence-corrected chi connectivity index (χ4v) is 8.94. The SMILES string of the molecule is CN(C(=O)Nc1cccc(F)c1)c1cc2oc(=O)c(C(=O)O)cc2s1.CNc1cc2oc(=O)c(C(=O)OC)cc2s1.COC(=O)c1cc2sc(N(C)C(=O)Nc3cccc(F)c3)cc2oc1=O.Nc1cccc(F)c1. The second-order valence-electron chi connectivity index (χ2n) is 14.9. The van der Waals surface area contributed by atoms with Gasteiger partial charge in [-0.2, -0.15) is 0 Å². The molecule has 0 fully saturated rings. The number of urea groups is 2. The number of carboxylic acid groups (broad SMARTS) is 1. The third-order valence-electron chi connectivity index (χ3n) is 9.80. The summed E-state index contributed by atoms with van der Waals surface area (Å²) in [4.78, 5) is 95.8. The average Bonchev–Trinajstić information content (AvgIpc) is 4.11. The first-order valence-corrected chi connectivity index (χ1v) is 23.6. The molecule has 0 aliphatic carbocycles. The second kappa shape index (κ2) is 24.4. The van der Waals surface area contributed by atoms with Crippen LogP contribution in [0.2, 0.25) is 0 Å². The lowest BCUT2D eigenvalue weighted by atomic mass is 10.3. The van der Waals surface area contributed by atoms with Crippen molar-refractivity contribution in [2.75, 3.05) is 66.8 Å². The van der Waals surface area contributed by atoms with E-state index in [2.05, 4.69) is 25.4 Å². The molecule has 6 heterocycles. The van der Waals surface area contributed by atoms with Gasteiger partial charge in [-0.05, 0) is 72.8 Å². The first-order valence-electron chi connectivity index (χ1n) is 21.1. The Morgan fingerprint density at radius 3 is 1.32 bits per heavy atom. The molecule has 0 radical (unpaired) electrons. The molecule has 0 saturated heterocycles. The van der Waals surface area contributed by atoms with Gasteiger partial charge in [-0.1, -0.05) is 18.2 Å². The number of aromatic carboxylic acids is 1. The maximum atomic E-state index is 13.2. The highest BCUT2D eigenvalue weighted by atomic mass is 32.1. The van der Waals surface area contributed by atoms with Gasteiger partial charge in [0.05, 0.1) is 33.3 Å². The van der Waals surface area contributed by atoms with Crippen LogP contribution in [0, 0.1) is 17.5 Å². The number of rotatable bonds is 8. The number of fused-ring (bicyclic) bond motifs is 3. The molecule has 4 amide bonds. The summed E-state index contributed by atoms with van der Waals surface area (Å²) < 4.78 is 64.2. The smallest absolute Gasteiger partial charge is 0.351 e. The van der Waals surface area contributed by atoms with E-state index >= 15 is 0 Å². The Morgan fingerprint density at radius 2 is 0.947 bits per heavy atom. The number of benzene rings is 3. The summed E-state index contributed by atoms with van der Waals surface area (Å²) in [7, 11) is 7.15. The standard InChI is InChI=1S/C17H13FN2O5S.C16H11FN2O5S.C10H9NO4S.C6H6FN/c1-20(17(23)19-10-5-3-4-9(18)6-10)14-8-12-13(26-14)7-11(15(21)24-2)16(22)25-12;1-19(16(23)18-9-4-2-3-8(17)5-9)13-7-11-12(25-13)6-10(14(20)21)15(22)24-11;1-11-8-4-6-7(16-8)3-5(9(12)14-2)10(13)15-6;7-5-2-1-3-6(8)4-5/h3-8H,1-2H3,(H,19,23);2-7H,1H3,(H,18,23)(H,20,21);3-4,11H,1-2H3;1-4H,8H2. The van der Waals surface area contributed by atoms with Crippen LogP contribution in [-0.4, -0.2) is 70.4 Å². The van der Waals surface area contributed by atoms with Gasteiger partial charge in [0.25, 0.3) is 0 Å². The number of nitrogens with two attached hydrogens (primary N) is 1. The summed E-state index contributed by atoms with van der Waals surface area (Å²) in [5, 5.41) is 18.7. The molecule has 75 heavy (non-hydrogen) atoms. The number of nitrogens with one attached hydrogen (secondary N) is 3. The van der Waals surface area contributed by atoms with E-state index in [1.807, 2.05) is 0 Å². The van der Waals surface area contributed by atoms with E-state index in [0.717, 1.165) is 39.5 Å². The molecule has 6 aromatic heterocycles. The molecular formula is C49H39F3N6O14S3. The number of thiophene rings is 3. The molecule has 0 bridgehead atoms. The summed E-state index contributed by atoms with van der Waals surface area (Å²) in [6.07, 6.45) is 0. The first-order chi connectivity index (χ1) is 35.7. The Kier molecular flexibility index (Phi) is 17.9. The maximum Gasteiger partial charge on any atom is 0.351 e. The van der Waals surface area contributed by atoms with E-state index in [1.165, 1.54) is 127 Å². The average molecular weight is 1090 g/mol. The van der Waals surface area contributed by atoms with E-state index in [9.17, 15) is 51.5 Å². The highest BCUT2D eigenvalue weighted by molar-refractivity contribution is 7.23. The Morgan fingerprint density at radius 1 is 0.560 bits per heavy atom. The van der Waals surface area contributed by atoms with Crippen molar-refractivity contribution in [1.29, 1.82) is 0 Å². The van der Waals surface area contributed by atoms with Gasteiger partial charge in [0.15, 0.2) is 16.7 Å². The molecule has 6 N–H and O–H groups in total. The minimum absolute atomic E-state index is 0.0838. The van der Waals surface area contributed by atoms with Gasteiger partial charge in [-0.15, -0.1) is 34.0 Å². The number of hydrogen-bond acceptors (Lipinski definition) is 18. The van der Waals surface area contributed by atoms with Crippen molar-refractivity contribution < 1.29 is 65.0 Å². The van der Waals surface area contributed by atoms with Crippen molar-refractivity contribution in [1.82, 2.24) is 0 Å². The Balaban J connectivity index is 0.000000174. The Hall–Kier alpha value is -9.27. The predicted octanol–water partition coefficient (Wildman–Crippen LogP) is 9.90. The summed E-state index contributed by atoms with van der Waals surface area (Å²) in [5.41, 5.74) is 3.92. The zero-order valence-electron chi connectivity index (χ0n) is 39.5. The number of halogens is 3. The summed E-state index contributed by atoms with van der Waals surface area (Å²) in [6.45, 7) is 0. The number of ether oxygens (including phenoxy) is 2. The fraction of sp³-hybridized carbons (Fsp3) is 0.102. The maximum absolute atomic E-state index is 13.2. The quantitative estimate of drug-likeness (QED) is 0.0699. The zero-order chi connectivity index (χ0) is 54.7. The van der Waals surface area contributed by atoms with Gasteiger partial charge in [-0.25, -0.2) is 51.5 Å². The predicted molar refractivity (Wildman–Crippen MR) is 279 cm³/mol. The monoisotopic (exact) mass is 1090 g/mol. The summed E-state index contributed by atoms with van der Waals surface area (Å²) >= 11 is 3.63. The van der Waals surface area contributed by atoms with Crippen LogP contribution in [0.4, 0.5) is 54.8 Å². The van der Waals surface area contributed by atoms with Gasteiger partial charge in [0, 0.05) is 56.4 Å². The molecule has 0 spiro atoms. The molecule has 0 unspecified atom stereocenters. The third kappa shape index (κ3) is 14.0. The van der Waals surface area contributed by atoms with Gasteiger partial charge in [0.2, 0.25) is 0 Å². The molecule has 26 heteroatoms. The molecule has 0 aliphatic heterocycles. The van der Waals surface area contributed by atoms with Gasteiger partial charge < -0.3 is 49.5 Å². The Bertz CT molecular complexity index is 3780. The zero-order valence-corrected chi connectivity index (χ0v) is 41.9. The lowest BCUT2D eigenvalue weighted by Gasteiger charge is -2.15. The number of anilines is 6. The number of esters is 2. The van der Waals surface area contributed by atoms with Crippen LogP contribution in [0.25, 0.3) is 30.8 Å². The van der Waals surface area contributed by atoms with E-state index in [-0.39, 0.29) is 33.8 Å². The largest absolute Gasteiger partial charge is 0.477 e. The first kappa shape index (κ1) is 55.1. The van der Waals surface area contributed by atoms with Gasteiger partial charge in [-0.3, -0.25) is 9.80 Å². The van der Waals surface area contributed by atoms with E-state index < -0.39 is 64.0 Å². The molecular weight excluding hydrogens is 1050 g/mol. The number of nitrogens with zero attached hydrogens (tertiary/aromatic N) is 2. The van der Waals surface area contributed by atoms with Crippen LogP contribution >= 0.6 is 34.0 Å². The van der Waals surface area contributed by atoms with E-state index in [4.69, 9.17) is 24.1 Å². The van der Waals surface area contributed by atoms with Crippen molar-refractivity contribution in [3.05, 3.63) is 175 Å².